The van der Waals surface area contributed by atoms with Gasteiger partial charge in [0.25, 0.3) is 0 Å². The molecule has 1 aliphatic rings. The zero-order valence-electron chi connectivity index (χ0n) is 11.4. The lowest BCUT2D eigenvalue weighted by Gasteiger charge is -2.30. The minimum absolute atomic E-state index is 0. The number of rotatable bonds is 4. The molecule has 2 rings (SSSR count). The number of carbonyl (C=O) groups is 1. The molecule has 3 N–H and O–H groups in total. The molecule has 1 unspecified atom stereocenters. The van der Waals surface area contributed by atoms with Crippen LogP contribution in [0.3, 0.4) is 0 Å². The quantitative estimate of drug-likeness (QED) is 0.891. The van der Waals surface area contributed by atoms with Crippen LogP contribution in [-0.4, -0.2) is 18.5 Å². The molecule has 19 heavy (non-hydrogen) atoms. The van der Waals surface area contributed by atoms with E-state index in [1.54, 1.807) is 6.92 Å². The molecule has 1 aromatic rings. The SMILES string of the molecule is CC(N)C(=O)NCC1(c2ccccc2)CCCC1.Cl. The van der Waals surface area contributed by atoms with Crippen LogP contribution in [0.15, 0.2) is 30.3 Å². The van der Waals surface area contributed by atoms with Gasteiger partial charge in [0, 0.05) is 12.0 Å². The van der Waals surface area contributed by atoms with Gasteiger partial charge in [-0.1, -0.05) is 43.2 Å². The van der Waals surface area contributed by atoms with Gasteiger partial charge in [0.2, 0.25) is 5.91 Å². The number of amides is 1. The van der Waals surface area contributed by atoms with E-state index in [-0.39, 0.29) is 23.7 Å². The topological polar surface area (TPSA) is 55.1 Å². The molecule has 0 aliphatic heterocycles. The fraction of sp³-hybridized carbons (Fsp3) is 0.533. The third-order valence-corrected chi connectivity index (χ3v) is 3.96. The number of hydrogen-bond donors (Lipinski definition) is 2. The predicted molar refractivity (Wildman–Crippen MR) is 80.5 cm³/mol. The largest absolute Gasteiger partial charge is 0.354 e. The van der Waals surface area contributed by atoms with Crippen molar-refractivity contribution >= 4 is 18.3 Å². The van der Waals surface area contributed by atoms with E-state index in [0.717, 1.165) is 12.8 Å². The van der Waals surface area contributed by atoms with E-state index >= 15 is 0 Å². The number of nitrogens with two attached hydrogens (primary N) is 1. The molecule has 0 aromatic heterocycles. The smallest absolute Gasteiger partial charge is 0.236 e. The average molecular weight is 283 g/mol. The third kappa shape index (κ3) is 3.71. The maximum Gasteiger partial charge on any atom is 0.236 e. The van der Waals surface area contributed by atoms with Gasteiger partial charge in [-0.3, -0.25) is 4.79 Å². The van der Waals surface area contributed by atoms with Crippen LogP contribution in [0.5, 0.6) is 0 Å². The van der Waals surface area contributed by atoms with Crippen LogP contribution < -0.4 is 11.1 Å². The molecular weight excluding hydrogens is 260 g/mol. The minimum atomic E-state index is -0.431. The minimum Gasteiger partial charge on any atom is -0.354 e. The first kappa shape index (κ1) is 16.0. The van der Waals surface area contributed by atoms with Crippen molar-refractivity contribution in [2.45, 2.75) is 44.1 Å². The van der Waals surface area contributed by atoms with Crippen molar-refractivity contribution in [3.63, 3.8) is 0 Å². The highest BCUT2D eigenvalue weighted by atomic mass is 35.5. The lowest BCUT2D eigenvalue weighted by molar-refractivity contribution is -0.122. The summed E-state index contributed by atoms with van der Waals surface area (Å²) in [7, 11) is 0. The van der Waals surface area contributed by atoms with Crippen LogP contribution in [0.2, 0.25) is 0 Å². The van der Waals surface area contributed by atoms with Gasteiger partial charge in [-0.05, 0) is 25.3 Å². The number of halogens is 1. The molecule has 1 saturated carbocycles. The molecule has 0 radical (unpaired) electrons. The number of nitrogens with one attached hydrogen (secondary N) is 1. The van der Waals surface area contributed by atoms with Crippen LogP contribution in [-0.2, 0) is 10.2 Å². The molecule has 1 aliphatic carbocycles. The lowest BCUT2D eigenvalue weighted by Crippen LogP contribution is -2.45. The molecule has 106 valence electrons. The second-order valence-electron chi connectivity index (χ2n) is 5.36. The Bertz CT molecular complexity index is 400. The maximum absolute atomic E-state index is 11.6. The Balaban J connectivity index is 0.00000180. The maximum atomic E-state index is 11.6. The first-order valence-electron chi connectivity index (χ1n) is 6.73. The normalized spacial score (nSPS) is 18.4. The second kappa shape index (κ2) is 6.92. The van der Waals surface area contributed by atoms with E-state index in [4.69, 9.17) is 5.73 Å². The number of hydrogen-bond acceptors (Lipinski definition) is 2. The predicted octanol–water partition coefficient (Wildman–Crippen LogP) is 2.38. The van der Waals surface area contributed by atoms with Gasteiger partial charge in [0.15, 0.2) is 0 Å². The molecule has 0 heterocycles. The number of benzene rings is 1. The van der Waals surface area contributed by atoms with E-state index < -0.39 is 6.04 Å². The monoisotopic (exact) mass is 282 g/mol. The average Bonchev–Trinajstić information content (AvgIpc) is 2.87. The molecule has 1 amide bonds. The van der Waals surface area contributed by atoms with Crippen molar-refractivity contribution in [3.8, 4) is 0 Å². The van der Waals surface area contributed by atoms with Crippen molar-refractivity contribution in [1.29, 1.82) is 0 Å². The molecule has 1 aromatic carbocycles. The van der Waals surface area contributed by atoms with E-state index in [1.165, 1.54) is 18.4 Å². The Kier molecular flexibility index (Phi) is 5.83. The fourth-order valence-electron chi connectivity index (χ4n) is 2.83. The zero-order chi connectivity index (χ0) is 13.0. The van der Waals surface area contributed by atoms with Crippen LogP contribution >= 0.6 is 12.4 Å². The summed E-state index contributed by atoms with van der Waals surface area (Å²) in [6.45, 7) is 2.43. The second-order valence-corrected chi connectivity index (χ2v) is 5.36. The molecule has 1 atom stereocenters. The van der Waals surface area contributed by atoms with Crippen LogP contribution in [0.25, 0.3) is 0 Å². The highest BCUT2D eigenvalue weighted by Crippen LogP contribution is 2.40. The van der Waals surface area contributed by atoms with Crippen LogP contribution in [0.4, 0.5) is 0 Å². The van der Waals surface area contributed by atoms with Gasteiger partial charge in [0.1, 0.15) is 0 Å². The fourth-order valence-corrected chi connectivity index (χ4v) is 2.83. The third-order valence-electron chi connectivity index (χ3n) is 3.96. The molecular formula is C15H23ClN2O. The summed E-state index contributed by atoms with van der Waals surface area (Å²) < 4.78 is 0. The molecule has 1 fully saturated rings. The lowest BCUT2D eigenvalue weighted by atomic mass is 9.79. The Labute approximate surface area is 121 Å². The summed E-state index contributed by atoms with van der Waals surface area (Å²) in [5, 5.41) is 3.00. The molecule has 4 heteroatoms. The van der Waals surface area contributed by atoms with Crippen molar-refractivity contribution in [1.82, 2.24) is 5.32 Å². The Morgan fingerprint density at radius 2 is 1.89 bits per heavy atom. The van der Waals surface area contributed by atoms with Crippen molar-refractivity contribution in [3.05, 3.63) is 35.9 Å². The Hall–Kier alpha value is -1.06. The summed E-state index contributed by atoms with van der Waals surface area (Å²) in [4.78, 5) is 11.6. The van der Waals surface area contributed by atoms with Gasteiger partial charge < -0.3 is 11.1 Å². The van der Waals surface area contributed by atoms with Gasteiger partial charge in [-0.2, -0.15) is 0 Å². The molecule has 0 spiro atoms. The highest BCUT2D eigenvalue weighted by Gasteiger charge is 2.35. The van der Waals surface area contributed by atoms with Gasteiger partial charge in [-0.25, -0.2) is 0 Å². The summed E-state index contributed by atoms with van der Waals surface area (Å²) in [5.41, 5.74) is 7.05. The van der Waals surface area contributed by atoms with Gasteiger partial charge in [-0.15, -0.1) is 12.4 Å². The van der Waals surface area contributed by atoms with E-state index in [2.05, 4.69) is 29.6 Å². The molecule has 3 nitrogen and oxygen atoms in total. The van der Waals surface area contributed by atoms with Crippen molar-refractivity contribution in [2.75, 3.05) is 6.54 Å². The van der Waals surface area contributed by atoms with Crippen LogP contribution in [0, 0.1) is 0 Å². The Morgan fingerprint density at radius 1 is 1.32 bits per heavy atom. The van der Waals surface area contributed by atoms with E-state index in [9.17, 15) is 4.79 Å². The van der Waals surface area contributed by atoms with Gasteiger partial charge in [0.05, 0.1) is 6.04 Å². The Morgan fingerprint density at radius 3 is 2.42 bits per heavy atom. The summed E-state index contributed by atoms with van der Waals surface area (Å²) in [6.07, 6.45) is 4.78. The van der Waals surface area contributed by atoms with E-state index in [1.807, 2.05) is 6.07 Å². The van der Waals surface area contributed by atoms with E-state index in [0.29, 0.717) is 6.54 Å². The number of carbonyl (C=O) groups excluding carboxylic acids is 1. The van der Waals surface area contributed by atoms with Crippen molar-refractivity contribution in [2.24, 2.45) is 5.73 Å². The van der Waals surface area contributed by atoms with Crippen LogP contribution in [0.1, 0.15) is 38.2 Å². The highest BCUT2D eigenvalue weighted by molar-refractivity contribution is 5.85. The summed E-state index contributed by atoms with van der Waals surface area (Å²) >= 11 is 0. The standard InChI is InChI=1S/C15H22N2O.ClH/c1-12(16)14(18)17-11-15(9-5-6-10-15)13-7-3-2-4-8-13;/h2-4,7-8,12H,5-6,9-11,16H2,1H3,(H,17,18);1H. The summed E-state index contributed by atoms with van der Waals surface area (Å²) in [5.74, 6) is -0.0581. The molecule has 0 saturated heterocycles. The zero-order valence-corrected chi connectivity index (χ0v) is 12.2. The first-order valence-corrected chi connectivity index (χ1v) is 6.73. The van der Waals surface area contributed by atoms with Gasteiger partial charge >= 0.3 is 0 Å². The first-order chi connectivity index (χ1) is 8.64. The summed E-state index contributed by atoms with van der Waals surface area (Å²) in [6, 6.07) is 10.1. The van der Waals surface area contributed by atoms with Crippen molar-refractivity contribution < 1.29 is 4.79 Å². The molecule has 0 bridgehead atoms.